The smallest absolute Gasteiger partial charge is 0.315 e. The third-order valence-electron chi connectivity index (χ3n) is 2.87. The van der Waals surface area contributed by atoms with Gasteiger partial charge in [0.05, 0.1) is 9.88 Å². The molecule has 3 nitrogen and oxygen atoms in total. The van der Waals surface area contributed by atoms with Crippen molar-refractivity contribution in [2.75, 3.05) is 26.2 Å². The summed E-state index contributed by atoms with van der Waals surface area (Å²) in [5.41, 5.74) is -0.706. The maximum absolute atomic E-state index is 12.8. The molecule has 18 heavy (non-hydrogen) atoms. The molecule has 7 heteroatoms. The summed E-state index contributed by atoms with van der Waals surface area (Å²) in [4.78, 5) is 6.01. The van der Waals surface area contributed by atoms with Crippen molar-refractivity contribution in [3.63, 3.8) is 0 Å². The van der Waals surface area contributed by atoms with Crippen molar-refractivity contribution in [3.8, 4) is 0 Å². The van der Waals surface area contributed by atoms with E-state index in [1.54, 1.807) is 6.92 Å². The van der Waals surface area contributed by atoms with Crippen LogP contribution >= 0.6 is 11.3 Å². The highest BCUT2D eigenvalue weighted by atomic mass is 32.1. The molecule has 1 aliphatic rings. The highest BCUT2D eigenvalue weighted by Gasteiger charge is 2.37. The van der Waals surface area contributed by atoms with E-state index in [2.05, 4.69) is 15.2 Å². The number of hydrogen-bond acceptors (Lipinski definition) is 4. The van der Waals surface area contributed by atoms with Crippen molar-refractivity contribution in [1.29, 1.82) is 0 Å². The highest BCUT2D eigenvalue weighted by molar-refractivity contribution is 7.11. The summed E-state index contributed by atoms with van der Waals surface area (Å²) < 4.78 is 38.4. The summed E-state index contributed by atoms with van der Waals surface area (Å²) in [7, 11) is 0. The quantitative estimate of drug-likeness (QED) is 0.900. The summed E-state index contributed by atoms with van der Waals surface area (Å²) >= 11 is 1.15. The number of halogens is 3. The SMILES string of the molecule is Cc1nc(C(F)(F)F)c(CN2CCCNCC2)s1. The van der Waals surface area contributed by atoms with Crippen LogP contribution in [0.1, 0.15) is 22.0 Å². The molecule has 0 amide bonds. The average molecular weight is 279 g/mol. The lowest BCUT2D eigenvalue weighted by Crippen LogP contribution is -2.28. The third-order valence-corrected chi connectivity index (χ3v) is 3.83. The molecule has 0 aromatic carbocycles. The molecule has 1 N–H and O–H groups in total. The molecule has 2 heterocycles. The minimum Gasteiger partial charge on any atom is -0.315 e. The van der Waals surface area contributed by atoms with Crippen LogP contribution in [0, 0.1) is 6.92 Å². The van der Waals surface area contributed by atoms with Gasteiger partial charge in [-0.05, 0) is 26.4 Å². The molecule has 0 atom stereocenters. The second-order valence-corrected chi connectivity index (χ2v) is 5.67. The summed E-state index contributed by atoms with van der Waals surface area (Å²) in [5.74, 6) is 0. The van der Waals surface area contributed by atoms with E-state index in [0.29, 0.717) is 16.4 Å². The van der Waals surface area contributed by atoms with E-state index in [1.165, 1.54) is 0 Å². The number of nitrogens with zero attached hydrogens (tertiary/aromatic N) is 2. The first kappa shape index (κ1) is 13.8. The van der Waals surface area contributed by atoms with Gasteiger partial charge in [-0.25, -0.2) is 4.98 Å². The second kappa shape index (κ2) is 5.54. The topological polar surface area (TPSA) is 28.2 Å². The fourth-order valence-electron chi connectivity index (χ4n) is 2.06. The largest absolute Gasteiger partial charge is 0.434 e. The minimum atomic E-state index is -4.34. The van der Waals surface area contributed by atoms with E-state index in [-0.39, 0.29) is 0 Å². The molecule has 1 aliphatic heterocycles. The fraction of sp³-hybridized carbons (Fsp3) is 0.727. The van der Waals surface area contributed by atoms with Gasteiger partial charge in [-0.15, -0.1) is 11.3 Å². The lowest BCUT2D eigenvalue weighted by atomic mass is 10.3. The van der Waals surface area contributed by atoms with Gasteiger partial charge < -0.3 is 5.32 Å². The van der Waals surface area contributed by atoms with Gasteiger partial charge in [-0.3, -0.25) is 4.90 Å². The van der Waals surface area contributed by atoms with E-state index >= 15 is 0 Å². The lowest BCUT2D eigenvalue weighted by molar-refractivity contribution is -0.141. The molecule has 1 aromatic rings. The average Bonchev–Trinajstić information content (AvgIpc) is 2.49. The van der Waals surface area contributed by atoms with E-state index < -0.39 is 11.9 Å². The van der Waals surface area contributed by atoms with Crippen LogP contribution < -0.4 is 5.32 Å². The van der Waals surface area contributed by atoms with Crippen molar-refractivity contribution in [2.45, 2.75) is 26.1 Å². The van der Waals surface area contributed by atoms with Crippen LogP contribution in [0.3, 0.4) is 0 Å². The number of nitrogens with one attached hydrogen (secondary N) is 1. The number of alkyl halides is 3. The van der Waals surface area contributed by atoms with Crippen LogP contribution in [-0.2, 0) is 12.7 Å². The van der Waals surface area contributed by atoms with Crippen molar-refractivity contribution in [2.24, 2.45) is 0 Å². The number of thiazole rings is 1. The van der Waals surface area contributed by atoms with Gasteiger partial charge >= 0.3 is 6.18 Å². The van der Waals surface area contributed by atoms with Gasteiger partial charge in [0.1, 0.15) is 0 Å². The molecular formula is C11H16F3N3S. The highest BCUT2D eigenvalue weighted by Crippen LogP contribution is 2.34. The molecule has 1 saturated heterocycles. The predicted molar refractivity (Wildman–Crippen MR) is 64.6 cm³/mol. The van der Waals surface area contributed by atoms with E-state index in [0.717, 1.165) is 43.9 Å². The van der Waals surface area contributed by atoms with Crippen LogP contribution in [0.25, 0.3) is 0 Å². The molecular weight excluding hydrogens is 263 g/mol. The summed E-state index contributed by atoms with van der Waals surface area (Å²) in [6.45, 7) is 5.36. The van der Waals surface area contributed by atoms with Crippen molar-refractivity contribution in [3.05, 3.63) is 15.6 Å². The maximum Gasteiger partial charge on any atom is 0.434 e. The van der Waals surface area contributed by atoms with Crippen LogP contribution in [0.15, 0.2) is 0 Å². The molecule has 1 aromatic heterocycles. The monoisotopic (exact) mass is 279 g/mol. The van der Waals surface area contributed by atoms with Crippen LogP contribution in [0.4, 0.5) is 13.2 Å². The Morgan fingerprint density at radius 2 is 2.11 bits per heavy atom. The van der Waals surface area contributed by atoms with Gasteiger partial charge in [0.15, 0.2) is 5.69 Å². The molecule has 1 fully saturated rings. The number of rotatable bonds is 2. The van der Waals surface area contributed by atoms with Crippen molar-refractivity contribution in [1.82, 2.24) is 15.2 Å². The first-order valence-corrected chi connectivity index (χ1v) is 6.75. The number of aromatic nitrogens is 1. The zero-order chi connectivity index (χ0) is 13.2. The van der Waals surface area contributed by atoms with Crippen LogP contribution in [-0.4, -0.2) is 36.1 Å². The van der Waals surface area contributed by atoms with Crippen LogP contribution in [0.5, 0.6) is 0 Å². The van der Waals surface area contributed by atoms with Gasteiger partial charge in [0.2, 0.25) is 0 Å². The lowest BCUT2D eigenvalue weighted by Gasteiger charge is -2.19. The van der Waals surface area contributed by atoms with Crippen molar-refractivity contribution < 1.29 is 13.2 Å². The van der Waals surface area contributed by atoms with E-state index in [1.807, 2.05) is 0 Å². The molecule has 0 bridgehead atoms. The van der Waals surface area contributed by atoms with Gasteiger partial charge in [-0.2, -0.15) is 13.2 Å². The minimum absolute atomic E-state index is 0.335. The Labute approximate surface area is 108 Å². The summed E-state index contributed by atoms with van der Waals surface area (Å²) in [5, 5.41) is 3.71. The molecule has 0 unspecified atom stereocenters. The third kappa shape index (κ3) is 3.43. The van der Waals surface area contributed by atoms with Gasteiger partial charge in [-0.1, -0.05) is 0 Å². The standard InChI is InChI=1S/C11H16F3N3S/c1-8-16-10(11(12,13)14)9(18-8)7-17-5-2-3-15-4-6-17/h15H,2-7H2,1H3. The zero-order valence-electron chi connectivity index (χ0n) is 10.2. The Hall–Kier alpha value is -0.660. The molecule has 0 saturated carbocycles. The molecule has 2 rings (SSSR count). The van der Waals surface area contributed by atoms with E-state index in [9.17, 15) is 13.2 Å². The predicted octanol–water partition coefficient (Wildman–Crippen LogP) is 2.27. The summed E-state index contributed by atoms with van der Waals surface area (Å²) in [6.07, 6.45) is -3.37. The Morgan fingerprint density at radius 1 is 1.33 bits per heavy atom. The van der Waals surface area contributed by atoms with E-state index in [4.69, 9.17) is 0 Å². The molecule has 102 valence electrons. The number of hydrogen-bond donors (Lipinski definition) is 1. The first-order chi connectivity index (χ1) is 8.47. The molecule has 0 aliphatic carbocycles. The first-order valence-electron chi connectivity index (χ1n) is 5.93. The second-order valence-electron chi connectivity index (χ2n) is 4.38. The zero-order valence-corrected chi connectivity index (χ0v) is 11.0. The van der Waals surface area contributed by atoms with Crippen LogP contribution in [0.2, 0.25) is 0 Å². The van der Waals surface area contributed by atoms with Gasteiger partial charge in [0, 0.05) is 19.6 Å². The Bertz CT molecular complexity index is 395. The fourth-order valence-corrected chi connectivity index (χ4v) is 3.06. The van der Waals surface area contributed by atoms with Crippen molar-refractivity contribution >= 4 is 11.3 Å². The Morgan fingerprint density at radius 3 is 2.83 bits per heavy atom. The maximum atomic E-state index is 12.8. The Kier molecular flexibility index (Phi) is 4.24. The normalized spacial score (nSPS) is 18.9. The van der Waals surface area contributed by atoms with Gasteiger partial charge in [0.25, 0.3) is 0 Å². The Balaban J connectivity index is 2.12. The number of aryl methyl sites for hydroxylation is 1. The molecule has 0 spiro atoms. The molecule has 0 radical (unpaired) electrons. The summed E-state index contributed by atoms with van der Waals surface area (Å²) in [6, 6.07) is 0.